The quantitative estimate of drug-likeness (QED) is 0.929. The number of hydrogen-bond donors (Lipinski definition) is 1. The third-order valence-corrected chi connectivity index (χ3v) is 4.04. The third kappa shape index (κ3) is 4.61. The number of piperidine rings is 1. The molecule has 2 N–H and O–H groups in total. The number of rotatable bonds is 4. The molecule has 0 aromatic heterocycles. The Morgan fingerprint density at radius 2 is 2.00 bits per heavy atom. The highest BCUT2D eigenvalue weighted by Crippen LogP contribution is 2.29. The first-order valence-electron chi connectivity index (χ1n) is 7.28. The minimum atomic E-state index is 0. The second-order valence-electron chi connectivity index (χ2n) is 5.57. The van der Waals surface area contributed by atoms with Crippen molar-refractivity contribution in [3.05, 3.63) is 29.8 Å². The van der Waals surface area contributed by atoms with Crippen LogP contribution in [0.3, 0.4) is 0 Å². The maximum absolute atomic E-state index is 12.3. The maximum atomic E-state index is 12.3. The fourth-order valence-electron chi connectivity index (χ4n) is 2.72. The van der Waals surface area contributed by atoms with Crippen LogP contribution >= 0.6 is 12.4 Å². The van der Waals surface area contributed by atoms with E-state index in [0.717, 1.165) is 37.2 Å². The molecule has 1 aliphatic rings. The van der Waals surface area contributed by atoms with Crippen molar-refractivity contribution >= 4 is 18.3 Å². The van der Waals surface area contributed by atoms with Crippen molar-refractivity contribution in [1.29, 1.82) is 0 Å². The molecule has 0 spiro atoms. The summed E-state index contributed by atoms with van der Waals surface area (Å²) in [6, 6.07) is 8.16. The van der Waals surface area contributed by atoms with E-state index >= 15 is 0 Å². The Kier molecular flexibility index (Phi) is 6.99. The summed E-state index contributed by atoms with van der Waals surface area (Å²) in [5.74, 6) is 1.23. The molecular weight excluding hydrogens is 288 g/mol. The molecule has 2 rings (SSSR count). The number of nitrogens with two attached hydrogens (primary N) is 1. The van der Waals surface area contributed by atoms with E-state index < -0.39 is 0 Å². The average Bonchev–Trinajstić information content (AvgIpc) is 2.47. The predicted molar refractivity (Wildman–Crippen MR) is 87.1 cm³/mol. The third-order valence-electron chi connectivity index (χ3n) is 4.04. The van der Waals surface area contributed by atoms with Gasteiger partial charge in [-0.25, -0.2) is 0 Å². The number of ether oxygens (including phenoxy) is 1. The van der Waals surface area contributed by atoms with E-state index in [2.05, 4.69) is 6.92 Å². The number of hydrogen-bond acceptors (Lipinski definition) is 3. The van der Waals surface area contributed by atoms with E-state index in [-0.39, 0.29) is 30.3 Å². The van der Waals surface area contributed by atoms with Crippen LogP contribution in [0.2, 0.25) is 0 Å². The van der Waals surface area contributed by atoms with Crippen LogP contribution in [0.1, 0.15) is 37.7 Å². The summed E-state index contributed by atoms with van der Waals surface area (Å²) in [4.78, 5) is 14.3. The van der Waals surface area contributed by atoms with Crippen LogP contribution in [-0.2, 0) is 4.79 Å². The lowest BCUT2D eigenvalue weighted by Crippen LogP contribution is -2.43. The minimum Gasteiger partial charge on any atom is -0.496 e. The first-order chi connectivity index (χ1) is 9.61. The van der Waals surface area contributed by atoms with Gasteiger partial charge < -0.3 is 15.4 Å². The van der Waals surface area contributed by atoms with Gasteiger partial charge in [0.05, 0.1) is 7.11 Å². The number of carbonyl (C=O) groups excluding carboxylic acids is 1. The van der Waals surface area contributed by atoms with Gasteiger partial charge in [0.1, 0.15) is 5.75 Å². The number of halogens is 1. The van der Waals surface area contributed by atoms with Crippen molar-refractivity contribution in [2.45, 2.75) is 38.1 Å². The summed E-state index contributed by atoms with van der Waals surface area (Å²) >= 11 is 0. The van der Waals surface area contributed by atoms with Gasteiger partial charge in [-0.15, -0.1) is 12.4 Å². The first-order valence-corrected chi connectivity index (χ1v) is 7.28. The van der Waals surface area contributed by atoms with Gasteiger partial charge in [-0.1, -0.05) is 25.1 Å². The van der Waals surface area contributed by atoms with Crippen LogP contribution < -0.4 is 10.5 Å². The highest BCUT2D eigenvalue weighted by Gasteiger charge is 2.23. The molecule has 1 heterocycles. The maximum Gasteiger partial charge on any atom is 0.223 e. The Morgan fingerprint density at radius 1 is 1.38 bits per heavy atom. The molecule has 118 valence electrons. The van der Waals surface area contributed by atoms with Gasteiger partial charge >= 0.3 is 0 Å². The van der Waals surface area contributed by atoms with Gasteiger partial charge in [0.25, 0.3) is 0 Å². The summed E-state index contributed by atoms with van der Waals surface area (Å²) in [6.07, 6.45) is 2.35. The average molecular weight is 313 g/mol. The molecule has 1 aromatic carbocycles. The summed E-state index contributed by atoms with van der Waals surface area (Å²) in [5.41, 5.74) is 6.97. The highest BCUT2D eigenvalue weighted by atomic mass is 35.5. The molecule has 0 radical (unpaired) electrons. The van der Waals surface area contributed by atoms with Gasteiger partial charge in [0, 0.05) is 25.6 Å². The number of methoxy groups -OCH3 is 1. The summed E-state index contributed by atoms with van der Waals surface area (Å²) in [7, 11) is 1.67. The van der Waals surface area contributed by atoms with Gasteiger partial charge in [-0.2, -0.15) is 0 Å². The molecule has 4 nitrogen and oxygen atoms in total. The van der Waals surface area contributed by atoms with E-state index in [1.54, 1.807) is 7.11 Å². The van der Waals surface area contributed by atoms with Crippen LogP contribution in [0.5, 0.6) is 5.75 Å². The van der Waals surface area contributed by atoms with Crippen LogP contribution in [0, 0.1) is 0 Å². The molecule has 1 amide bonds. The lowest BCUT2D eigenvalue weighted by atomic mass is 9.95. The molecule has 0 saturated carbocycles. The molecule has 0 bridgehead atoms. The molecule has 1 unspecified atom stereocenters. The zero-order valence-electron chi connectivity index (χ0n) is 12.7. The Balaban J connectivity index is 0.00000220. The van der Waals surface area contributed by atoms with Gasteiger partial charge in [-0.05, 0) is 30.4 Å². The molecule has 1 atom stereocenters. The topological polar surface area (TPSA) is 55.6 Å². The Morgan fingerprint density at radius 3 is 2.62 bits per heavy atom. The molecule has 21 heavy (non-hydrogen) atoms. The Bertz CT molecular complexity index is 459. The zero-order valence-corrected chi connectivity index (χ0v) is 13.6. The number of amides is 1. The molecule has 1 saturated heterocycles. The molecule has 0 aliphatic carbocycles. The smallest absolute Gasteiger partial charge is 0.223 e. The fraction of sp³-hybridized carbons (Fsp3) is 0.562. The monoisotopic (exact) mass is 312 g/mol. The van der Waals surface area contributed by atoms with Crippen molar-refractivity contribution < 1.29 is 9.53 Å². The molecule has 1 aliphatic heterocycles. The van der Waals surface area contributed by atoms with Crippen molar-refractivity contribution in [3.8, 4) is 5.75 Å². The number of nitrogens with zero attached hydrogens (tertiary/aromatic N) is 1. The zero-order chi connectivity index (χ0) is 14.5. The predicted octanol–water partition coefficient (Wildman–Crippen LogP) is 2.56. The summed E-state index contributed by atoms with van der Waals surface area (Å²) < 4.78 is 5.37. The van der Waals surface area contributed by atoms with Gasteiger partial charge in [0.2, 0.25) is 5.91 Å². The first kappa shape index (κ1) is 17.8. The van der Waals surface area contributed by atoms with E-state index in [9.17, 15) is 4.79 Å². The van der Waals surface area contributed by atoms with Crippen LogP contribution in [0.25, 0.3) is 0 Å². The molecular formula is C16H25ClN2O2. The second kappa shape index (κ2) is 8.25. The van der Waals surface area contributed by atoms with Crippen LogP contribution in [-0.4, -0.2) is 37.0 Å². The molecule has 1 aromatic rings. The second-order valence-corrected chi connectivity index (χ2v) is 5.57. The Labute approximate surface area is 133 Å². The molecule has 5 heteroatoms. The van der Waals surface area contributed by atoms with Crippen molar-refractivity contribution in [3.63, 3.8) is 0 Å². The number of benzene rings is 1. The Hall–Kier alpha value is -1.26. The fourth-order valence-corrected chi connectivity index (χ4v) is 2.72. The highest BCUT2D eigenvalue weighted by molar-refractivity contribution is 5.85. The number of likely N-dealkylation sites (tertiary alicyclic amines) is 1. The van der Waals surface area contributed by atoms with Crippen LogP contribution in [0.15, 0.2) is 24.3 Å². The normalized spacial score (nSPS) is 17.0. The minimum absolute atomic E-state index is 0. The lowest BCUT2D eigenvalue weighted by Gasteiger charge is -2.31. The van der Waals surface area contributed by atoms with E-state index in [4.69, 9.17) is 10.5 Å². The lowest BCUT2D eigenvalue weighted by molar-refractivity contribution is -0.132. The standard InChI is InChI=1S/C16H24N2O2.ClH/c1-12(14-5-3-4-6-15(14)20-2)11-16(19)18-9-7-13(17)8-10-18;/h3-6,12-13H,7-11,17H2,1-2H3;1H. The van der Waals surface area contributed by atoms with E-state index in [0.29, 0.717) is 6.42 Å². The van der Waals surface area contributed by atoms with Crippen LogP contribution in [0.4, 0.5) is 0 Å². The van der Waals surface area contributed by atoms with Gasteiger partial charge in [0.15, 0.2) is 0 Å². The van der Waals surface area contributed by atoms with E-state index in [1.165, 1.54) is 0 Å². The summed E-state index contributed by atoms with van der Waals surface area (Å²) in [5, 5.41) is 0. The van der Waals surface area contributed by atoms with E-state index in [1.807, 2.05) is 29.2 Å². The SMILES string of the molecule is COc1ccccc1C(C)CC(=O)N1CCC(N)CC1.Cl. The van der Waals surface area contributed by atoms with Crippen molar-refractivity contribution in [1.82, 2.24) is 4.90 Å². The summed E-state index contributed by atoms with van der Waals surface area (Å²) in [6.45, 7) is 3.66. The van der Waals surface area contributed by atoms with Gasteiger partial charge in [-0.3, -0.25) is 4.79 Å². The number of carbonyl (C=O) groups is 1. The number of para-hydroxylation sites is 1. The molecule has 1 fully saturated rings. The van der Waals surface area contributed by atoms with Crippen molar-refractivity contribution in [2.75, 3.05) is 20.2 Å². The largest absolute Gasteiger partial charge is 0.496 e. The van der Waals surface area contributed by atoms with Crippen molar-refractivity contribution in [2.24, 2.45) is 5.73 Å².